The highest BCUT2D eigenvalue weighted by Crippen LogP contribution is 2.24. The second-order valence-electron chi connectivity index (χ2n) is 3.26. The maximum absolute atomic E-state index is 10.5. The van der Waals surface area contributed by atoms with Crippen molar-refractivity contribution >= 4 is 22.2 Å². The molecule has 3 nitrogen and oxygen atoms in total. The van der Waals surface area contributed by atoms with Crippen molar-refractivity contribution in [3.05, 3.63) is 40.1 Å². The zero-order valence-electron chi connectivity index (χ0n) is 8.12. The minimum Gasteiger partial charge on any atom is -0.336 e. The van der Waals surface area contributed by atoms with Gasteiger partial charge in [0.1, 0.15) is 5.82 Å². The highest BCUT2D eigenvalue weighted by atomic mass is 79.9. The summed E-state index contributed by atoms with van der Waals surface area (Å²) in [5.74, 6) is 0.718. The van der Waals surface area contributed by atoms with Crippen LogP contribution in [0.3, 0.4) is 0 Å². The quantitative estimate of drug-likeness (QED) is 0.848. The molecule has 2 rings (SSSR count). The van der Waals surface area contributed by atoms with Crippen LogP contribution in [0, 0.1) is 6.92 Å². The molecule has 1 aromatic carbocycles. The number of aryl methyl sites for hydroxylation is 1. The fraction of sp³-hybridized carbons (Fsp3) is 0.0909. The number of hydrogen-bond donors (Lipinski definition) is 1. The lowest BCUT2D eigenvalue weighted by Gasteiger charge is -2.02. The first kappa shape index (κ1) is 10.1. The summed E-state index contributed by atoms with van der Waals surface area (Å²) in [7, 11) is 0. The molecule has 1 aromatic heterocycles. The van der Waals surface area contributed by atoms with Gasteiger partial charge in [-0.05, 0) is 24.6 Å². The smallest absolute Gasteiger partial charge is 0.167 e. The van der Waals surface area contributed by atoms with Crippen molar-refractivity contribution in [2.45, 2.75) is 6.92 Å². The molecular weight excluding hydrogens is 256 g/mol. The molecule has 76 valence electrons. The van der Waals surface area contributed by atoms with E-state index in [-0.39, 0.29) is 0 Å². The van der Waals surface area contributed by atoms with Crippen molar-refractivity contribution in [3.63, 3.8) is 0 Å². The Morgan fingerprint density at radius 3 is 2.93 bits per heavy atom. The van der Waals surface area contributed by atoms with E-state index in [4.69, 9.17) is 0 Å². The van der Waals surface area contributed by atoms with Crippen molar-refractivity contribution in [1.82, 2.24) is 9.97 Å². The van der Waals surface area contributed by atoms with Gasteiger partial charge in [-0.1, -0.05) is 22.0 Å². The van der Waals surface area contributed by atoms with E-state index in [0.717, 1.165) is 27.7 Å². The Hall–Kier alpha value is -1.42. The Bertz CT molecular complexity index is 505. The Morgan fingerprint density at radius 1 is 1.47 bits per heavy atom. The summed E-state index contributed by atoms with van der Waals surface area (Å²) in [4.78, 5) is 17.6. The first-order valence-corrected chi connectivity index (χ1v) is 5.26. The van der Waals surface area contributed by atoms with Crippen molar-refractivity contribution in [1.29, 1.82) is 0 Å². The average molecular weight is 265 g/mol. The summed E-state index contributed by atoms with van der Waals surface area (Å²) in [6, 6.07) is 5.95. The molecule has 1 heterocycles. The molecule has 0 amide bonds. The lowest BCUT2D eigenvalue weighted by molar-refractivity contribution is 0.111. The number of nitrogens with one attached hydrogen (secondary N) is 1. The van der Waals surface area contributed by atoms with Crippen LogP contribution >= 0.6 is 15.9 Å². The van der Waals surface area contributed by atoms with Crippen molar-refractivity contribution in [2.75, 3.05) is 0 Å². The molecule has 1 N–H and O–H groups in total. The Kier molecular flexibility index (Phi) is 2.68. The SMILES string of the molecule is Cc1ccc(Br)cc1-c1ncc(C=O)[nH]1. The fourth-order valence-electron chi connectivity index (χ4n) is 1.38. The lowest BCUT2D eigenvalue weighted by Crippen LogP contribution is -1.86. The molecule has 0 fully saturated rings. The standard InChI is InChI=1S/C11H9BrN2O/c1-7-2-3-8(12)4-10(7)11-13-5-9(6-15)14-11/h2-6H,1H3,(H,13,14). The molecule has 2 aromatic rings. The number of H-pyrrole nitrogens is 1. The summed E-state index contributed by atoms with van der Waals surface area (Å²) in [5, 5.41) is 0. The number of aldehydes is 1. The molecule has 0 aliphatic heterocycles. The largest absolute Gasteiger partial charge is 0.336 e. The Morgan fingerprint density at radius 2 is 2.27 bits per heavy atom. The second kappa shape index (κ2) is 3.98. The van der Waals surface area contributed by atoms with E-state index in [0.29, 0.717) is 5.69 Å². The summed E-state index contributed by atoms with van der Waals surface area (Å²) in [6.45, 7) is 2.00. The van der Waals surface area contributed by atoms with Gasteiger partial charge in [0.05, 0.1) is 11.9 Å². The molecule has 4 heteroatoms. The number of hydrogen-bond acceptors (Lipinski definition) is 2. The summed E-state index contributed by atoms with van der Waals surface area (Å²) in [5.41, 5.74) is 2.60. The molecule has 0 spiro atoms. The number of aromatic amines is 1. The lowest BCUT2D eigenvalue weighted by atomic mass is 10.1. The molecule has 0 saturated heterocycles. The van der Waals surface area contributed by atoms with Gasteiger partial charge in [-0.25, -0.2) is 4.98 Å². The van der Waals surface area contributed by atoms with Gasteiger partial charge in [0.25, 0.3) is 0 Å². The van der Waals surface area contributed by atoms with Crippen LogP contribution in [0.4, 0.5) is 0 Å². The number of carbonyl (C=O) groups is 1. The van der Waals surface area contributed by atoms with E-state index in [1.54, 1.807) is 0 Å². The van der Waals surface area contributed by atoms with Crippen LogP contribution in [0.5, 0.6) is 0 Å². The molecule has 0 unspecified atom stereocenters. The molecular formula is C11H9BrN2O. The second-order valence-corrected chi connectivity index (χ2v) is 4.18. The summed E-state index contributed by atoms with van der Waals surface area (Å²) < 4.78 is 0.993. The minimum absolute atomic E-state index is 0.490. The third-order valence-corrected chi connectivity index (χ3v) is 2.67. The number of nitrogens with zero attached hydrogens (tertiary/aromatic N) is 1. The average Bonchev–Trinajstić information content (AvgIpc) is 2.70. The van der Waals surface area contributed by atoms with E-state index in [1.165, 1.54) is 6.20 Å². The highest BCUT2D eigenvalue weighted by Gasteiger charge is 2.06. The molecule has 0 radical (unpaired) electrons. The van der Waals surface area contributed by atoms with Gasteiger partial charge in [0.2, 0.25) is 0 Å². The van der Waals surface area contributed by atoms with Crippen molar-refractivity contribution in [3.8, 4) is 11.4 Å². The Labute approximate surface area is 95.7 Å². The monoisotopic (exact) mass is 264 g/mol. The fourth-order valence-corrected chi connectivity index (χ4v) is 1.74. The number of carbonyl (C=O) groups excluding carboxylic acids is 1. The molecule has 15 heavy (non-hydrogen) atoms. The third kappa shape index (κ3) is 1.99. The number of rotatable bonds is 2. The van der Waals surface area contributed by atoms with Gasteiger partial charge in [-0.3, -0.25) is 4.79 Å². The first-order chi connectivity index (χ1) is 7.20. The van der Waals surface area contributed by atoms with Crippen LogP contribution in [-0.2, 0) is 0 Å². The zero-order chi connectivity index (χ0) is 10.8. The van der Waals surface area contributed by atoms with Crippen LogP contribution < -0.4 is 0 Å². The van der Waals surface area contributed by atoms with Gasteiger partial charge in [0.15, 0.2) is 6.29 Å². The third-order valence-electron chi connectivity index (χ3n) is 2.18. The number of aromatic nitrogens is 2. The van der Waals surface area contributed by atoms with Crippen molar-refractivity contribution in [2.24, 2.45) is 0 Å². The van der Waals surface area contributed by atoms with Gasteiger partial charge in [0, 0.05) is 10.0 Å². The topological polar surface area (TPSA) is 45.8 Å². The van der Waals surface area contributed by atoms with Gasteiger partial charge in [-0.2, -0.15) is 0 Å². The summed E-state index contributed by atoms with van der Waals surface area (Å²) in [6.07, 6.45) is 2.28. The maximum Gasteiger partial charge on any atom is 0.167 e. The van der Waals surface area contributed by atoms with Crippen LogP contribution in [-0.4, -0.2) is 16.3 Å². The van der Waals surface area contributed by atoms with E-state index in [1.807, 2.05) is 25.1 Å². The normalized spacial score (nSPS) is 10.3. The molecule has 0 bridgehead atoms. The van der Waals surface area contributed by atoms with Crippen molar-refractivity contribution < 1.29 is 4.79 Å². The molecule has 0 saturated carbocycles. The van der Waals surface area contributed by atoms with E-state index >= 15 is 0 Å². The molecule has 0 aliphatic carbocycles. The van der Waals surface area contributed by atoms with Gasteiger partial charge < -0.3 is 4.98 Å². The van der Waals surface area contributed by atoms with Gasteiger partial charge >= 0.3 is 0 Å². The zero-order valence-corrected chi connectivity index (χ0v) is 9.71. The molecule has 0 atom stereocenters. The van der Waals surface area contributed by atoms with Crippen LogP contribution in [0.25, 0.3) is 11.4 Å². The number of halogens is 1. The Balaban J connectivity index is 2.52. The predicted octanol–water partition coefficient (Wildman–Crippen LogP) is 2.96. The van der Waals surface area contributed by atoms with E-state index in [2.05, 4.69) is 25.9 Å². The van der Waals surface area contributed by atoms with E-state index in [9.17, 15) is 4.79 Å². The highest BCUT2D eigenvalue weighted by molar-refractivity contribution is 9.10. The van der Waals surface area contributed by atoms with Crippen LogP contribution in [0.1, 0.15) is 16.1 Å². The minimum atomic E-state index is 0.490. The number of imidazole rings is 1. The first-order valence-electron chi connectivity index (χ1n) is 4.47. The summed E-state index contributed by atoms with van der Waals surface area (Å²) >= 11 is 3.41. The van der Waals surface area contributed by atoms with Crippen LogP contribution in [0.2, 0.25) is 0 Å². The molecule has 0 aliphatic rings. The van der Waals surface area contributed by atoms with Crippen LogP contribution in [0.15, 0.2) is 28.9 Å². The van der Waals surface area contributed by atoms with Gasteiger partial charge in [-0.15, -0.1) is 0 Å². The maximum atomic E-state index is 10.5. The van der Waals surface area contributed by atoms with E-state index < -0.39 is 0 Å². The number of benzene rings is 1. The predicted molar refractivity (Wildman–Crippen MR) is 61.8 cm³/mol.